The fourth-order valence-corrected chi connectivity index (χ4v) is 1.93. The Morgan fingerprint density at radius 1 is 1.41 bits per heavy atom. The molecule has 98 valence electrons. The first kappa shape index (κ1) is 14.2. The van der Waals surface area contributed by atoms with Gasteiger partial charge in [0.25, 0.3) is 0 Å². The molecule has 4 heteroatoms. The van der Waals surface area contributed by atoms with E-state index in [1.807, 2.05) is 12.4 Å². The van der Waals surface area contributed by atoms with Crippen molar-refractivity contribution in [3.8, 4) is 0 Å². The van der Waals surface area contributed by atoms with Crippen molar-refractivity contribution in [1.29, 1.82) is 0 Å². The Kier molecular flexibility index (Phi) is 5.15. The van der Waals surface area contributed by atoms with Crippen molar-refractivity contribution in [3.63, 3.8) is 0 Å². The third-order valence-corrected chi connectivity index (χ3v) is 3.16. The topological polar surface area (TPSA) is 47.1 Å². The minimum absolute atomic E-state index is 0.166. The van der Waals surface area contributed by atoms with E-state index in [-0.39, 0.29) is 5.41 Å². The summed E-state index contributed by atoms with van der Waals surface area (Å²) >= 11 is 0. The van der Waals surface area contributed by atoms with Crippen LogP contribution in [0.4, 0.5) is 0 Å². The third-order valence-electron chi connectivity index (χ3n) is 3.16. The molecule has 0 atom stereocenters. The van der Waals surface area contributed by atoms with Gasteiger partial charge < -0.3 is 10.3 Å². The molecule has 0 aliphatic carbocycles. The van der Waals surface area contributed by atoms with Crippen LogP contribution >= 0.6 is 0 Å². The van der Waals surface area contributed by atoms with Crippen molar-refractivity contribution >= 4 is 0 Å². The fraction of sp³-hybridized carbons (Fsp3) is 0.769. The van der Waals surface area contributed by atoms with E-state index in [0.717, 1.165) is 32.0 Å². The van der Waals surface area contributed by atoms with Crippen molar-refractivity contribution in [3.05, 3.63) is 18.2 Å². The predicted molar refractivity (Wildman–Crippen MR) is 71.7 cm³/mol. The minimum Gasteiger partial charge on any atom is -0.334 e. The van der Waals surface area contributed by atoms with Gasteiger partial charge in [0.15, 0.2) is 0 Å². The van der Waals surface area contributed by atoms with Crippen molar-refractivity contribution in [2.75, 3.05) is 19.6 Å². The molecule has 0 spiro atoms. The lowest BCUT2D eigenvalue weighted by Gasteiger charge is -2.30. The van der Waals surface area contributed by atoms with Crippen LogP contribution in [0.25, 0.3) is 0 Å². The van der Waals surface area contributed by atoms with Crippen molar-refractivity contribution in [2.45, 2.75) is 40.8 Å². The molecule has 0 aromatic carbocycles. The maximum Gasteiger partial charge on any atom is 0.122 e. The Hall–Kier alpha value is -0.870. The van der Waals surface area contributed by atoms with Gasteiger partial charge in [0.2, 0.25) is 0 Å². The van der Waals surface area contributed by atoms with Crippen LogP contribution in [0.2, 0.25) is 0 Å². The van der Waals surface area contributed by atoms with E-state index in [2.05, 4.69) is 42.1 Å². The molecule has 0 bridgehead atoms. The highest BCUT2D eigenvalue weighted by Crippen LogP contribution is 2.16. The normalized spacial score (nSPS) is 12.4. The fourth-order valence-electron chi connectivity index (χ4n) is 1.93. The Morgan fingerprint density at radius 2 is 2.12 bits per heavy atom. The Labute approximate surface area is 105 Å². The molecule has 1 rings (SSSR count). The molecule has 1 heterocycles. The molecule has 4 nitrogen and oxygen atoms in total. The molecule has 2 N–H and O–H groups in total. The summed E-state index contributed by atoms with van der Waals surface area (Å²) in [7, 11) is 0. The van der Waals surface area contributed by atoms with Crippen LogP contribution in [-0.4, -0.2) is 34.1 Å². The second kappa shape index (κ2) is 6.17. The second-order valence-corrected chi connectivity index (χ2v) is 5.30. The first-order valence-corrected chi connectivity index (χ1v) is 6.44. The average molecular weight is 238 g/mol. The molecule has 0 aliphatic rings. The SMILES string of the molecule is CCN(Cc1nccn1CC)CC(C)(C)CN. The van der Waals surface area contributed by atoms with Crippen LogP contribution in [0.3, 0.4) is 0 Å². The Morgan fingerprint density at radius 3 is 2.65 bits per heavy atom. The molecule has 0 saturated heterocycles. The molecule has 1 aromatic heterocycles. The Balaban J connectivity index is 2.64. The Bertz CT molecular complexity index is 330. The summed E-state index contributed by atoms with van der Waals surface area (Å²) in [5.74, 6) is 1.14. The van der Waals surface area contributed by atoms with E-state index < -0.39 is 0 Å². The second-order valence-electron chi connectivity index (χ2n) is 5.30. The molecule has 0 radical (unpaired) electrons. The number of nitrogens with zero attached hydrogens (tertiary/aromatic N) is 3. The number of aryl methyl sites for hydroxylation is 1. The molecule has 0 fully saturated rings. The predicted octanol–water partition coefficient (Wildman–Crippen LogP) is 1.71. The summed E-state index contributed by atoms with van der Waals surface area (Å²) < 4.78 is 2.19. The number of rotatable bonds is 7. The summed E-state index contributed by atoms with van der Waals surface area (Å²) in [5, 5.41) is 0. The van der Waals surface area contributed by atoms with Gasteiger partial charge in [0.1, 0.15) is 5.82 Å². The number of aromatic nitrogens is 2. The number of imidazole rings is 1. The highest BCUT2D eigenvalue weighted by molar-refractivity contribution is 4.92. The van der Waals surface area contributed by atoms with E-state index in [4.69, 9.17) is 5.73 Å². The van der Waals surface area contributed by atoms with E-state index in [9.17, 15) is 0 Å². The van der Waals surface area contributed by atoms with Crippen LogP contribution in [0.5, 0.6) is 0 Å². The monoisotopic (exact) mass is 238 g/mol. The van der Waals surface area contributed by atoms with E-state index in [1.165, 1.54) is 0 Å². The third kappa shape index (κ3) is 4.13. The molecule has 0 saturated carbocycles. The van der Waals surface area contributed by atoms with Crippen LogP contribution in [0.1, 0.15) is 33.5 Å². The van der Waals surface area contributed by atoms with Gasteiger partial charge in [0, 0.05) is 25.5 Å². The number of nitrogens with two attached hydrogens (primary N) is 1. The molecular weight excluding hydrogens is 212 g/mol. The summed E-state index contributed by atoms with van der Waals surface area (Å²) in [6.45, 7) is 13.4. The number of hydrogen-bond acceptors (Lipinski definition) is 3. The maximum absolute atomic E-state index is 5.79. The largest absolute Gasteiger partial charge is 0.334 e. The van der Waals surface area contributed by atoms with Crippen LogP contribution in [0.15, 0.2) is 12.4 Å². The lowest BCUT2D eigenvalue weighted by atomic mass is 9.93. The standard InChI is InChI=1S/C13H26N4/c1-5-16(11-13(3,4)10-14)9-12-15-7-8-17(12)6-2/h7-8H,5-6,9-11,14H2,1-4H3. The minimum atomic E-state index is 0.166. The molecular formula is C13H26N4. The van der Waals surface area contributed by atoms with Crippen LogP contribution in [0, 0.1) is 5.41 Å². The van der Waals surface area contributed by atoms with Gasteiger partial charge in [-0.1, -0.05) is 20.8 Å². The van der Waals surface area contributed by atoms with Crippen LogP contribution in [-0.2, 0) is 13.1 Å². The summed E-state index contributed by atoms with van der Waals surface area (Å²) in [6, 6.07) is 0. The first-order chi connectivity index (χ1) is 8.02. The smallest absolute Gasteiger partial charge is 0.122 e. The van der Waals surface area contributed by atoms with Gasteiger partial charge in [-0.2, -0.15) is 0 Å². The van der Waals surface area contributed by atoms with Crippen LogP contribution < -0.4 is 5.73 Å². The van der Waals surface area contributed by atoms with E-state index >= 15 is 0 Å². The number of hydrogen-bond donors (Lipinski definition) is 1. The van der Waals surface area contributed by atoms with E-state index in [1.54, 1.807) is 0 Å². The van der Waals surface area contributed by atoms with Crippen molar-refractivity contribution in [1.82, 2.24) is 14.5 Å². The van der Waals surface area contributed by atoms with Crippen molar-refractivity contribution in [2.24, 2.45) is 11.1 Å². The zero-order valence-corrected chi connectivity index (χ0v) is 11.6. The van der Waals surface area contributed by atoms with Gasteiger partial charge in [-0.15, -0.1) is 0 Å². The van der Waals surface area contributed by atoms with Gasteiger partial charge in [-0.3, -0.25) is 4.90 Å². The highest BCUT2D eigenvalue weighted by Gasteiger charge is 2.20. The first-order valence-electron chi connectivity index (χ1n) is 6.44. The molecule has 0 amide bonds. The zero-order valence-electron chi connectivity index (χ0n) is 11.6. The van der Waals surface area contributed by atoms with Crippen molar-refractivity contribution < 1.29 is 0 Å². The maximum atomic E-state index is 5.79. The lowest BCUT2D eigenvalue weighted by Crippen LogP contribution is -2.38. The summed E-state index contributed by atoms with van der Waals surface area (Å²) in [4.78, 5) is 6.82. The van der Waals surface area contributed by atoms with Gasteiger partial charge in [0.05, 0.1) is 6.54 Å². The quantitative estimate of drug-likeness (QED) is 0.786. The highest BCUT2D eigenvalue weighted by atomic mass is 15.2. The van der Waals surface area contributed by atoms with Gasteiger partial charge >= 0.3 is 0 Å². The van der Waals surface area contributed by atoms with Gasteiger partial charge in [-0.25, -0.2) is 4.98 Å². The summed E-state index contributed by atoms with van der Waals surface area (Å²) in [5.41, 5.74) is 5.96. The van der Waals surface area contributed by atoms with E-state index in [0.29, 0.717) is 6.54 Å². The lowest BCUT2D eigenvalue weighted by molar-refractivity contribution is 0.178. The molecule has 1 aromatic rings. The zero-order chi connectivity index (χ0) is 12.9. The molecule has 0 aliphatic heterocycles. The average Bonchev–Trinajstić information content (AvgIpc) is 2.75. The molecule has 17 heavy (non-hydrogen) atoms. The van der Waals surface area contributed by atoms with Gasteiger partial charge in [-0.05, 0) is 25.4 Å². The molecule has 0 unspecified atom stereocenters. The summed E-state index contributed by atoms with van der Waals surface area (Å²) in [6.07, 6.45) is 3.91.